The second kappa shape index (κ2) is 2.77. The summed E-state index contributed by atoms with van der Waals surface area (Å²) < 4.78 is 1.90. The van der Waals surface area contributed by atoms with E-state index in [2.05, 4.69) is 10.2 Å². The number of anilines is 1. The van der Waals surface area contributed by atoms with Crippen LogP contribution in [0, 0.1) is 0 Å². The second-order valence-corrected chi connectivity index (χ2v) is 3.46. The monoisotopic (exact) mass is 166 g/mol. The highest BCUT2D eigenvalue weighted by atomic mass is 15.3. The summed E-state index contributed by atoms with van der Waals surface area (Å²) in [5.74, 6) is 2.18. The zero-order chi connectivity index (χ0) is 8.55. The smallest absolute Gasteiger partial charge is 0.221 e. The van der Waals surface area contributed by atoms with Gasteiger partial charge in [0, 0.05) is 13.0 Å². The fourth-order valence-electron chi connectivity index (χ4n) is 1.89. The van der Waals surface area contributed by atoms with Gasteiger partial charge in [-0.15, -0.1) is 10.2 Å². The van der Waals surface area contributed by atoms with Crippen molar-refractivity contribution in [2.24, 2.45) is 7.05 Å². The number of nitrogens with zero attached hydrogens (tertiary/aromatic N) is 3. The van der Waals surface area contributed by atoms with Gasteiger partial charge in [-0.3, -0.25) is 0 Å². The molecule has 66 valence electrons. The Morgan fingerprint density at radius 1 is 1.33 bits per heavy atom. The van der Waals surface area contributed by atoms with Crippen LogP contribution in [-0.4, -0.2) is 14.8 Å². The minimum absolute atomic E-state index is 0.525. The fourth-order valence-corrected chi connectivity index (χ4v) is 1.89. The lowest BCUT2D eigenvalue weighted by atomic mass is 10.1. The molecule has 0 amide bonds. The zero-order valence-electron chi connectivity index (χ0n) is 7.32. The highest BCUT2D eigenvalue weighted by Crippen LogP contribution is 2.32. The Labute approximate surface area is 71.8 Å². The van der Waals surface area contributed by atoms with Crippen LogP contribution in [0.3, 0.4) is 0 Å². The SMILES string of the molecule is Cn1c(N)nnc1C1CCCC1. The summed E-state index contributed by atoms with van der Waals surface area (Å²) in [6, 6.07) is 0. The van der Waals surface area contributed by atoms with Gasteiger partial charge in [-0.05, 0) is 12.8 Å². The number of hydrogen-bond acceptors (Lipinski definition) is 3. The van der Waals surface area contributed by atoms with E-state index >= 15 is 0 Å². The third-order valence-corrected chi connectivity index (χ3v) is 2.66. The maximum Gasteiger partial charge on any atom is 0.221 e. The van der Waals surface area contributed by atoms with Crippen LogP contribution in [0.1, 0.15) is 37.4 Å². The molecule has 1 aliphatic rings. The van der Waals surface area contributed by atoms with Gasteiger partial charge in [0.05, 0.1) is 0 Å². The van der Waals surface area contributed by atoms with E-state index in [1.54, 1.807) is 0 Å². The number of aromatic nitrogens is 3. The van der Waals surface area contributed by atoms with Crippen LogP contribution in [-0.2, 0) is 7.05 Å². The molecule has 2 rings (SSSR count). The molecule has 4 nitrogen and oxygen atoms in total. The molecule has 1 aromatic rings. The van der Waals surface area contributed by atoms with Crippen LogP contribution in [0.15, 0.2) is 0 Å². The molecule has 0 spiro atoms. The van der Waals surface area contributed by atoms with E-state index in [0.29, 0.717) is 11.9 Å². The molecule has 1 aliphatic carbocycles. The standard InChI is InChI=1S/C8H14N4/c1-12-7(10-11-8(12)9)6-4-2-3-5-6/h6H,2-5H2,1H3,(H2,9,11). The normalized spacial score (nSPS) is 18.8. The summed E-state index contributed by atoms with van der Waals surface area (Å²) in [6.45, 7) is 0. The van der Waals surface area contributed by atoms with Crippen molar-refractivity contribution in [3.63, 3.8) is 0 Å². The zero-order valence-corrected chi connectivity index (χ0v) is 7.32. The van der Waals surface area contributed by atoms with Gasteiger partial charge >= 0.3 is 0 Å². The van der Waals surface area contributed by atoms with Crippen molar-refractivity contribution in [1.29, 1.82) is 0 Å². The van der Waals surface area contributed by atoms with Crippen molar-refractivity contribution in [2.75, 3.05) is 5.73 Å². The van der Waals surface area contributed by atoms with Gasteiger partial charge in [0.2, 0.25) is 5.95 Å². The first kappa shape index (κ1) is 7.58. The summed E-state index contributed by atoms with van der Waals surface area (Å²) in [5, 5.41) is 7.94. The third kappa shape index (κ3) is 1.07. The maximum atomic E-state index is 5.60. The van der Waals surface area contributed by atoms with E-state index in [0.717, 1.165) is 5.82 Å². The van der Waals surface area contributed by atoms with Crippen LogP contribution in [0.2, 0.25) is 0 Å². The molecule has 0 radical (unpaired) electrons. The van der Waals surface area contributed by atoms with Gasteiger partial charge in [-0.1, -0.05) is 12.8 Å². The first-order valence-corrected chi connectivity index (χ1v) is 4.44. The van der Waals surface area contributed by atoms with E-state index in [1.807, 2.05) is 11.6 Å². The molecule has 0 unspecified atom stereocenters. The molecule has 4 heteroatoms. The Morgan fingerprint density at radius 2 is 2.00 bits per heavy atom. The highest BCUT2D eigenvalue weighted by molar-refractivity contribution is 5.18. The van der Waals surface area contributed by atoms with Crippen LogP contribution in [0.25, 0.3) is 0 Å². The molecule has 1 aromatic heterocycles. The Balaban J connectivity index is 2.26. The van der Waals surface area contributed by atoms with E-state index in [9.17, 15) is 0 Å². The molecule has 1 saturated carbocycles. The number of nitrogen functional groups attached to an aromatic ring is 1. The third-order valence-electron chi connectivity index (χ3n) is 2.66. The lowest BCUT2D eigenvalue weighted by Crippen LogP contribution is -2.05. The highest BCUT2D eigenvalue weighted by Gasteiger charge is 2.22. The lowest BCUT2D eigenvalue weighted by molar-refractivity contribution is 0.632. The molecule has 0 saturated heterocycles. The second-order valence-electron chi connectivity index (χ2n) is 3.46. The van der Waals surface area contributed by atoms with Crippen molar-refractivity contribution >= 4 is 5.95 Å². The van der Waals surface area contributed by atoms with Crippen LogP contribution < -0.4 is 5.73 Å². The van der Waals surface area contributed by atoms with Crippen molar-refractivity contribution in [2.45, 2.75) is 31.6 Å². The largest absolute Gasteiger partial charge is 0.368 e. The van der Waals surface area contributed by atoms with Gasteiger partial charge < -0.3 is 10.3 Å². The maximum absolute atomic E-state index is 5.60. The van der Waals surface area contributed by atoms with Crippen LogP contribution in [0.4, 0.5) is 5.95 Å². The predicted octanol–water partition coefficient (Wildman–Crippen LogP) is 1.05. The summed E-state index contributed by atoms with van der Waals surface area (Å²) in [7, 11) is 1.93. The van der Waals surface area contributed by atoms with Crippen molar-refractivity contribution in [3.8, 4) is 0 Å². The van der Waals surface area contributed by atoms with Crippen molar-refractivity contribution in [3.05, 3.63) is 5.82 Å². The average Bonchev–Trinajstić information content (AvgIpc) is 2.64. The molecular weight excluding hydrogens is 152 g/mol. The Hall–Kier alpha value is -1.06. The Morgan fingerprint density at radius 3 is 2.50 bits per heavy atom. The van der Waals surface area contributed by atoms with Crippen LogP contribution in [0.5, 0.6) is 0 Å². The van der Waals surface area contributed by atoms with E-state index in [-0.39, 0.29) is 0 Å². The summed E-state index contributed by atoms with van der Waals surface area (Å²) >= 11 is 0. The number of nitrogens with two attached hydrogens (primary N) is 1. The molecule has 0 atom stereocenters. The first-order chi connectivity index (χ1) is 5.79. The minimum atomic E-state index is 0.525. The van der Waals surface area contributed by atoms with Gasteiger partial charge in [0.15, 0.2) is 0 Å². The topological polar surface area (TPSA) is 56.7 Å². The molecule has 0 aromatic carbocycles. The molecule has 1 heterocycles. The molecule has 12 heavy (non-hydrogen) atoms. The van der Waals surface area contributed by atoms with Crippen molar-refractivity contribution in [1.82, 2.24) is 14.8 Å². The summed E-state index contributed by atoms with van der Waals surface area (Å²) in [5.41, 5.74) is 5.60. The minimum Gasteiger partial charge on any atom is -0.368 e. The number of hydrogen-bond donors (Lipinski definition) is 1. The molecule has 0 aliphatic heterocycles. The molecule has 1 fully saturated rings. The van der Waals surface area contributed by atoms with Crippen LogP contribution >= 0.6 is 0 Å². The van der Waals surface area contributed by atoms with E-state index in [1.165, 1.54) is 25.7 Å². The Kier molecular flexibility index (Phi) is 1.75. The predicted molar refractivity (Wildman–Crippen MR) is 46.6 cm³/mol. The molecule has 0 bridgehead atoms. The number of rotatable bonds is 1. The van der Waals surface area contributed by atoms with E-state index < -0.39 is 0 Å². The van der Waals surface area contributed by atoms with Crippen molar-refractivity contribution < 1.29 is 0 Å². The average molecular weight is 166 g/mol. The van der Waals surface area contributed by atoms with Gasteiger partial charge in [-0.25, -0.2) is 0 Å². The first-order valence-electron chi connectivity index (χ1n) is 4.44. The fraction of sp³-hybridized carbons (Fsp3) is 0.750. The van der Waals surface area contributed by atoms with Gasteiger partial charge in [-0.2, -0.15) is 0 Å². The Bertz CT molecular complexity index is 273. The molecular formula is C8H14N4. The molecule has 2 N–H and O–H groups in total. The summed E-state index contributed by atoms with van der Waals surface area (Å²) in [6.07, 6.45) is 5.12. The summed E-state index contributed by atoms with van der Waals surface area (Å²) in [4.78, 5) is 0. The van der Waals surface area contributed by atoms with Gasteiger partial charge in [0.1, 0.15) is 5.82 Å². The van der Waals surface area contributed by atoms with Gasteiger partial charge in [0.25, 0.3) is 0 Å². The quantitative estimate of drug-likeness (QED) is 0.678. The van der Waals surface area contributed by atoms with E-state index in [4.69, 9.17) is 5.73 Å². The lowest BCUT2D eigenvalue weighted by Gasteiger charge is -2.06.